The lowest BCUT2D eigenvalue weighted by Crippen LogP contribution is -2.63. The van der Waals surface area contributed by atoms with Gasteiger partial charge in [0.1, 0.15) is 0 Å². The summed E-state index contributed by atoms with van der Waals surface area (Å²) in [5.41, 5.74) is 0.311. The van der Waals surface area contributed by atoms with Crippen molar-refractivity contribution in [1.29, 1.82) is 0 Å². The second-order valence-corrected chi connectivity index (χ2v) is 4.55. The van der Waals surface area contributed by atoms with Gasteiger partial charge in [0.05, 0.1) is 0 Å². The van der Waals surface area contributed by atoms with Crippen molar-refractivity contribution < 1.29 is 0 Å². The summed E-state index contributed by atoms with van der Waals surface area (Å²) in [5, 5.41) is 7.30. The van der Waals surface area contributed by atoms with Gasteiger partial charge in [0.15, 0.2) is 0 Å². The molecule has 2 atom stereocenters. The van der Waals surface area contributed by atoms with Crippen molar-refractivity contribution in [2.45, 2.75) is 50.7 Å². The molecule has 1 aliphatic heterocycles. The Balaban J connectivity index is 2.02. The highest BCUT2D eigenvalue weighted by Crippen LogP contribution is 2.24. The Hall–Kier alpha value is -0.0800. The lowest BCUT2D eigenvalue weighted by atomic mass is 9.97. The smallest absolute Gasteiger partial charge is 0.0252 e. The molecule has 2 aliphatic rings. The number of rotatable bonds is 0. The molecule has 0 spiro atoms. The Labute approximate surface area is 68.7 Å². The van der Waals surface area contributed by atoms with Gasteiger partial charge in [-0.1, -0.05) is 6.42 Å². The van der Waals surface area contributed by atoms with E-state index in [0.717, 1.165) is 18.6 Å². The van der Waals surface area contributed by atoms with E-state index in [2.05, 4.69) is 24.5 Å². The Kier molecular flexibility index (Phi) is 1.69. The molecule has 2 N–H and O–H groups in total. The standard InChI is InChI=1S/C9H18N2/c1-9(2)6-10-7-4-3-5-8(7)11-9/h7-8,10-11H,3-6H2,1-2H3/t7-,8-/m1/s1. The highest BCUT2D eigenvalue weighted by molar-refractivity contribution is 4.99. The maximum absolute atomic E-state index is 3.69. The fraction of sp³-hybridized carbons (Fsp3) is 1.00. The van der Waals surface area contributed by atoms with Crippen LogP contribution in [0, 0.1) is 0 Å². The maximum Gasteiger partial charge on any atom is 0.0252 e. The Bertz CT molecular complexity index is 154. The normalized spacial score (nSPS) is 42.0. The Morgan fingerprint density at radius 3 is 2.73 bits per heavy atom. The summed E-state index contributed by atoms with van der Waals surface area (Å²) in [5.74, 6) is 0. The summed E-state index contributed by atoms with van der Waals surface area (Å²) in [6.07, 6.45) is 4.13. The lowest BCUT2D eigenvalue weighted by Gasteiger charge is -2.40. The third-order valence-corrected chi connectivity index (χ3v) is 2.90. The predicted molar refractivity (Wildman–Crippen MR) is 46.6 cm³/mol. The van der Waals surface area contributed by atoms with Gasteiger partial charge in [0, 0.05) is 24.2 Å². The molecule has 1 saturated carbocycles. The van der Waals surface area contributed by atoms with E-state index in [4.69, 9.17) is 0 Å². The van der Waals surface area contributed by atoms with Gasteiger partial charge in [-0.2, -0.15) is 0 Å². The minimum atomic E-state index is 0.311. The molecular formula is C9H18N2. The summed E-state index contributed by atoms with van der Waals surface area (Å²) in [4.78, 5) is 0. The molecule has 1 aliphatic carbocycles. The lowest BCUT2D eigenvalue weighted by molar-refractivity contribution is 0.228. The SMILES string of the molecule is CC1(C)CN[C@@H]2CCC[C@H]2N1. The summed E-state index contributed by atoms with van der Waals surface area (Å²) in [6.45, 7) is 5.66. The monoisotopic (exact) mass is 154 g/mol. The van der Waals surface area contributed by atoms with Crippen LogP contribution in [-0.2, 0) is 0 Å². The average molecular weight is 154 g/mol. The van der Waals surface area contributed by atoms with Gasteiger partial charge < -0.3 is 10.6 Å². The molecule has 0 aromatic carbocycles. The third kappa shape index (κ3) is 1.42. The number of hydrogen-bond acceptors (Lipinski definition) is 2. The molecule has 11 heavy (non-hydrogen) atoms. The first-order valence-corrected chi connectivity index (χ1v) is 4.68. The predicted octanol–water partition coefficient (Wildman–Crippen LogP) is 0.879. The van der Waals surface area contributed by atoms with E-state index in [0.29, 0.717) is 5.54 Å². The van der Waals surface area contributed by atoms with Crippen molar-refractivity contribution in [3.8, 4) is 0 Å². The van der Waals surface area contributed by atoms with Crippen molar-refractivity contribution in [2.75, 3.05) is 6.54 Å². The number of nitrogens with one attached hydrogen (secondary N) is 2. The van der Waals surface area contributed by atoms with Gasteiger partial charge in [-0.25, -0.2) is 0 Å². The molecular weight excluding hydrogens is 136 g/mol. The molecule has 0 unspecified atom stereocenters. The van der Waals surface area contributed by atoms with Crippen LogP contribution in [0.25, 0.3) is 0 Å². The van der Waals surface area contributed by atoms with Gasteiger partial charge in [-0.3, -0.25) is 0 Å². The molecule has 64 valence electrons. The first kappa shape index (κ1) is 7.56. The molecule has 0 radical (unpaired) electrons. The van der Waals surface area contributed by atoms with Crippen molar-refractivity contribution in [3.05, 3.63) is 0 Å². The van der Waals surface area contributed by atoms with Crippen LogP contribution in [0.1, 0.15) is 33.1 Å². The minimum absolute atomic E-state index is 0.311. The molecule has 2 fully saturated rings. The van der Waals surface area contributed by atoms with Crippen molar-refractivity contribution in [2.24, 2.45) is 0 Å². The highest BCUT2D eigenvalue weighted by Gasteiger charge is 2.36. The van der Waals surface area contributed by atoms with E-state index in [1.54, 1.807) is 0 Å². The zero-order chi connectivity index (χ0) is 7.90. The molecule has 0 aromatic heterocycles. The number of piperazine rings is 1. The molecule has 1 heterocycles. The van der Waals surface area contributed by atoms with E-state index in [1.807, 2.05) is 0 Å². The fourth-order valence-corrected chi connectivity index (χ4v) is 2.32. The largest absolute Gasteiger partial charge is 0.311 e. The Morgan fingerprint density at radius 1 is 1.18 bits per heavy atom. The van der Waals surface area contributed by atoms with Crippen LogP contribution in [-0.4, -0.2) is 24.2 Å². The molecule has 2 rings (SSSR count). The van der Waals surface area contributed by atoms with Crippen LogP contribution in [0.4, 0.5) is 0 Å². The quantitative estimate of drug-likeness (QED) is 0.541. The summed E-state index contributed by atoms with van der Waals surface area (Å²) in [7, 11) is 0. The number of fused-ring (bicyclic) bond motifs is 1. The van der Waals surface area contributed by atoms with E-state index in [9.17, 15) is 0 Å². The topological polar surface area (TPSA) is 24.1 Å². The highest BCUT2D eigenvalue weighted by atomic mass is 15.2. The molecule has 2 heteroatoms. The van der Waals surface area contributed by atoms with Gasteiger partial charge in [-0.15, -0.1) is 0 Å². The van der Waals surface area contributed by atoms with E-state index < -0.39 is 0 Å². The zero-order valence-electron chi connectivity index (χ0n) is 7.48. The van der Waals surface area contributed by atoms with E-state index >= 15 is 0 Å². The van der Waals surface area contributed by atoms with Crippen LogP contribution in [0.2, 0.25) is 0 Å². The third-order valence-electron chi connectivity index (χ3n) is 2.90. The van der Waals surface area contributed by atoms with Crippen LogP contribution in [0.5, 0.6) is 0 Å². The van der Waals surface area contributed by atoms with Gasteiger partial charge >= 0.3 is 0 Å². The van der Waals surface area contributed by atoms with Crippen LogP contribution in [0.3, 0.4) is 0 Å². The average Bonchev–Trinajstić information content (AvgIpc) is 2.31. The summed E-state index contributed by atoms with van der Waals surface area (Å²) >= 11 is 0. The van der Waals surface area contributed by atoms with Gasteiger partial charge in [0.2, 0.25) is 0 Å². The van der Waals surface area contributed by atoms with Gasteiger partial charge in [-0.05, 0) is 26.7 Å². The molecule has 0 aromatic rings. The zero-order valence-corrected chi connectivity index (χ0v) is 7.48. The molecule has 1 saturated heterocycles. The van der Waals surface area contributed by atoms with Crippen molar-refractivity contribution >= 4 is 0 Å². The van der Waals surface area contributed by atoms with Crippen LogP contribution in [0.15, 0.2) is 0 Å². The first-order valence-electron chi connectivity index (χ1n) is 4.68. The molecule has 0 bridgehead atoms. The van der Waals surface area contributed by atoms with Crippen molar-refractivity contribution in [3.63, 3.8) is 0 Å². The van der Waals surface area contributed by atoms with Crippen LogP contribution >= 0.6 is 0 Å². The van der Waals surface area contributed by atoms with E-state index in [-0.39, 0.29) is 0 Å². The second-order valence-electron chi connectivity index (χ2n) is 4.55. The van der Waals surface area contributed by atoms with Gasteiger partial charge in [0.25, 0.3) is 0 Å². The summed E-state index contributed by atoms with van der Waals surface area (Å²) in [6, 6.07) is 1.52. The number of hydrogen-bond donors (Lipinski definition) is 2. The summed E-state index contributed by atoms with van der Waals surface area (Å²) < 4.78 is 0. The second kappa shape index (κ2) is 2.46. The minimum Gasteiger partial charge on any atom is -0.311 e. The molecule has 0 amide bonds. The van der Waals surface area contributed by atoms with Crippen LogP contribution < -0.4 is 10.6 Å². The first-order chi connectivity index (χ1) is 5.17. The van der Waals surface area contributed by atoms with Crippen molar-refractivity contribution in [1.82, 2.24) is 10.6 Å². The molecule has 2 nitrogen and oxygen atoms in total. The maximum atomic E-state index is 3.69. The Morgan fingerprint density at radius 2 is 1.91 bits per heavy atom. The fourth-order valence-electron chi connectivity index (χ4n) is 2.32. The van der Waals surface area contributed by atoms with E-state index in [1.165, 1.54) is 19.3 Å².